The molecule has 2 heterocycles. The lowest BCUT2D eigenvalue weighted by Gasteiger charge is -2.07. The Balaban J connectivity index is 1.38. The zero-order valence-corrected chi connectivity index (χ0v) is 18.3. The van der Waals surface area contributed by atoms with Crippen LogP contribution in [-0.4, -0.2) is 46.1 Å². The van der Waals surface area contributed by atoms with Crippen LogP contribution in [0.25, 0.3) is 16.9 Å². The Morgan fingerprint density at radius 2 is 1.82 bits per heavy atom. The zero-order chi connectivity index (χ0) is 23.4. The number of carbonyl (C=O) groups excluding carboxylic acids is 2. The van der Waals surface area contributed by atoms with Crippen LogP contribution in [0.4, 0.5) is 16.3 Å². The number of benzene rings is 2. The van der Waals surface area contributed by atoms with E-state index in [1.807, 2.05) is 25.1 Å². The Morgan fingerprint density at radius 1 is 1.03 bits per heavy atom. The molecular formula is C23H23N7O3. The highest BCUT2D eigenvalue weighted by Gasteiger charge is 2.10. The molecule has 0 radical (unpaired) electrons. The van der Waals surface area contributed by atoms with Gasteiger partial charge >= 0.3 is 6.03 Å². The minimum Gasteiger partial charge on any atom is -0.496 e. The van der Waals surface area contributed by atoms with E-state index in [2.05, 4.69) is 31.2 Å². The van der Waals surface area contributed by atoms with Gasteiger partial charge in [-0.1, -0.05) is 0 Å². The Bertz CT molecular complexity index is 1290. The molecule has 2 aromatic carbocycles. The maximum atomic E-state index is 12.4. The molecule has 4 aromatic rings. The molecule has 10 heteroatoms. The molecule has 0 atom stereocenters. The topological polar surface area (TPSA) is 126 Å². The van der Waals surface area contributed by atoms with Gasteiger partial charge < -0.3 is 15.4 Å². The van der Waals surface area contributed by atoms with Gasteiger partial charge in [0.15, 0.2) is 11.5 Å². The third kappa shape index (κ3) is 4.85. The molecule has 168 valence electrons. The number of aromatic nitrogens is 4. The third-order valence-electron chi connectivity index (χ3n) is 4.96. The number of carbonyl (C=O) groups is 2. The highest BCUT2D eigenvalue weighted by atomic mass is 16.5. The summed E-state index contributed by atoms with van der Waals surface area (Å²) in [6, 6.07) is 15.8. The van der Waals surface area contributed by atoms with E-state index in [1.54, 1.807) is 61.4 Å². The summed E-state index contributed by atoms with van der Waals surface area (Å²) in [6.45, 7) is 1.96. The van der Waals surface area contributed by atoms with Gasteiger partial charge in [0.05, 0.1) is 18.5 Å². The fraction of sp³-hybridized carbons (Fsp3) is 0.130. The fourth-order valence-electron chi connectivity index (χ4n) is 3.27. The molecule has 10 nitrogen and oxygen atoms in total. The summed E-state index contributed by atoms with van der Waals surface area (Å²) in [5.74, 6) is 0.944. The van der Waals surface area contributed by atoms with E-state index in [0.717, 1.165) is 28.3 Å². The van der Waals surface area contributed by atoms with E-state index in [0.29, 0.717) is 17.2 Å². The van der Waals surface area contributed by atoms with Crippen LogP contribution in [0.5, 0.6) is 5.75 Å². The van der Waals surface area contributed by atoms with Crippen molar-refractivity contribution in [3.05, 3.63) is 72.1 Å². The molecule has 33 heavy (non-hydrogen) atoms. The van der Waals surface area contributed by atoms with Crippen molar-refractivity contribution >= 4 is 23.4 Å². The number of ether oxygens (including phenoxy) is 1. The molecule has 0 bridgehead atoms. The summed E-state index contributed by atoms with van der Waals surface area (Å²) in [7, 11) is 3.18. The van der Waals surface area contributed by atoms with Gasteiger partial charge in [0.25, 0.3) is 5.91 Å². The molecule has 0 aliphatic heterocycles. The first-order valence-electron chi connectivity index (χ1n) is 10.1. The quantitative estimate of drug-likeness (QED) is 0.361. The number of nitrogens with one attached hydrogen (secondary N) is 4. The summed E-state index contributed by atoms with van der Waals surface area (Å²) in [4.78, 5) is 24.0. The van der Waals surface area contributed by atoms with Crippen molar-refractivity contribution in [1.29, 1.82) is 0 Å². The summed E-state index contributed by atoms with van der Waals surface area (Å²) >= 11 is 0. The van der Waals surface area contributed by atoms with Crippen LogP contribution < -0.4 is 20.7 Å². The lowest BCUT2D eigenvalue weighted by Crippen LogP contribution is -2.19. The maximum absolute atomic E-state index is 12.4. The van der Waals surface area contributed by atoms with Gasteiger partial charge in [0.2, 0.25) is 0 Å². The number of rotatable bonds is 6. The molecule has 0 aliphatic rings. The van der Waals surface area contributed by atoms with Gasteiger partial charge in [0.1, 0.15) is 5.75 Å². The first-order chi connectivity index (χ1) is 16.0. The fourth-order valence-corrected chi connectivity index (χ4v) is 3.27. The van der Waals surface area contributed by atoms with Gasteiger partial charge in [-0.05, 0) is 61.0 Å². The van der Waals surface area contributed by atoms with E-state index in [-0.39, 0.29) is 5.91 Å². The molecule has 0 saturated heterocycles. The Kier molecular flexibility index (Phi) is 6.07. The molecule has 0 unspecified atom stereocenters. The van der Waals surface area contributed by atoms with Gasteiger partial charge in [-0.15, -0.1) is 0 Å². The highest BCUT2D eigenvalue weighted by molar-refractivity contribution is 5.99. The van der Waals surface area contributed by atoms with Crippen LogP contribution in [0.3, 0.4) is 0 Å². The number of amides is 3. The minimum atomic E-state index is -0.423. The molecule has 4 rings (SSSR count). The number of methoxy groups -OCH3 is 1. The number of anilines is 2. The van der Waals surface area contributed by atoms with Crippen molar-refractivity contribution in [3.8, 4) is 22.7 Å². The minimum absolute atomic E-state index is 0.257. The Hall–Kier alpha value is -4.60. The number of hydrogen-bond acceptors (Lipinski definition) is 5. The predicted octanol–water partition coefficient (Wildman–Crippen LogP) is 3.58. The summed E-state index contributed by atoms with van der Waals surface area (Å²) in [5, 5.41) is 19.3. The molecule has 0 spiro atoms. The van der Waals surface area contributed by atoms with Gasteiger partial charge in [0, 0.05) is 30.6 Å². The molecule has 0 fully saturated rings. The van der Waals surface area contributed by atoms with E-state index in [1.165, 1.54) is 0 Å². The van der Waals surface area contributed by atoms with Gasteiger partial charge in [-0.3, -0.25) is 15.2 Å². The molecule has 0 saturated carbocycles. The van der Waals surface area contributed by atoms with Crippen molar-refractivity contribution in [1.82, 2.24) is 25.3 Å². The van der Waals surface area contributed by atoms with Gasteiger partial charge in [-0.25, -0.2) is 9.48 Å². The van der Waals surface area contributed by atoms with Crippen molar-refractivity contribution in [2.24, 2.45) is 0 Å². The third-order valence-corrected chi connectivity index (χ3v) is 4.96. The van der Waals surface area contributed by atoms with Crippen molar-refractivity contribution < 1.29 is 14.3 Å². The molecule has 4 N–H and O–H groups in total. The highest BCUT2D eigenvalue weighted by Crippen LogP contribution is 2.26. The average Bonchev–Trinajstić information content (AvgIpc) is 3.49. The van der Waals surface area contributed by atoms with Crippen LogP contribution in [0.2, 0.25) is 0 Å². The number of nitrogens with zero attached hydrogens (tertiary/aromatic N) is 3. The Morgan fingerprint density at radius 3 is 2.52 bits per heavy atom. The smallest absolute Gasteiger partial charge is 0.324 e. The first kappa shape index (κ1) is 21.6. The normalized spacial score (nSPS) is 10.5. The van der Waals surface area contributed by atoms with Crippen LogP contribution in [0.1, 0.15) is 16.1 Å². The summed E-state index contributed by atoms with van der Waals surface area (Å²) in [6.07, 6.45) is 1.69. The van der Waals surface area contributed by atoms with Crippen LogP contribution in [0, 0.1) is 6.92 Å². The molecule has 2 aromatic heterocycles. The standard InChI is InChI=1S/C23H23N7O3/c1-14-12-15(4-9-20(14)33-3)19-13-21(28-27-19)26-23(32)25-16-5-7-17(8-6-16)30-11-10-18(29-30)22(31)24-2/h4-13H,1-3H3,(H,24,31)(H3,25,26,27,28,32). The first-order valence-corrected chi connectivity index (χ1v) is 10.1. The number of aromatic amines is 1. The van der Waals surface area contributed by atoms with E-state index in [9.17, 15) is 9.59 Å². The summed E-state index contributed by atoms with van der Waals surface area (Å²) < 4.78 is 6.87. The lowest BCUT2D eigenvalue weighted by atomic mass is 10.1. The Labute approximate surface area is 190 Å². The van der Waals surface area contributed by atoms with E-state index < -0.39 is 6.03 Å². The number of H-pyrrole nitrogens is 1. The van der Waals surface area contributed by atoms with E-state index in [4.69, 9.17) is 4.74 Å². The van der Waals surface area contributed by atoms with E-state index >= 15 is 0 Å². The number of hydrogen-bond donors (Lipinski definition) is 4. The van der Waals surface area contributed by atoms with Crippen molar-refractivity contribution in [2.45, 2.75) is 6.92 Å². The number of urea groups is 1. The predicted molar refractivity (Wildman–Crippen MR) is 125 cm³/mol. The van der Waals surface area contributed by atoms with Crippen LogP contribution >= 0.6 is 0 Å². The van der Waals surface area contributed by atoms with Gasteiger partial charge in [-0.2, -0.15) is 10.2 Å². The second-order valence-electron chi connectivity index (χ2n) is 7.20. The molecular weight excluding hydrogens is 422 g/mol. The molecule has 0 aliphatic carbocycles. The molecule has 3 amide bonds. The summed E-state index contributed by atoms with van der Waals surface area (Å²) in [5.41, 5.74) is 4.38. The SMILES string of the molecule is CNC(=O)c1ccn(-c2ccc(NC(=O)Nc3cc(-c4ccc(OC)c(C)c4)[nH]n3)cc2)n1. The van der Waals surface area contributed by atoms with Crippen molar-refractivity contribution in [3.63, 3.8) is 0 Å². The second kappa shape index (κ2) is 9.27. The maximum Gasteiger partial charge on any atom is 0.324 e. The lowest BCUT2D eigenvalue weighted by molar-refractivity contribution is 0.0957. The number of aryl methyl sites for hydroxylation is 1. The zero-order valence-electron chi connectivity index (χ0n) is 18.3. The monoisotopic (exact) mass is 445 g/mol. The average molecular weight is 445 g/mol. The van der Waals surface area contributed by atoms with Crippen LogP contribution in [-0.2, 0) is 0 Å². The second-order valence-corrected chi connectivity index (χ2v) is 7.20. The van der Waals surface area contributed by atoms with Crippen LogP contribution in [0.15, 0.2) is 60.8 Å². The largest absolute Gasteiger partial charge is 0.496 e. The van der Waals surface area contributed by atoms with Crippen molar-refractivity contribution in [2.75, 3.05) is 24.8 Å².